The number of unbranched alkanes of at least 4 members (excludes halogenated alkanes) is 2. The van der Waals surface area contributed by atoms with E-state index in [1.54, 1.807) is 18.0 Å². The van der Waals surface area contributed by atoms with Crippen molar-refractivity contribution in [2.45, 2.75) is 38.1 Å². The summed E-state index contributed by atoms with van der Waals surface area (Å²) in [6, 6.07) is 0. The Morgan fingerprint density at radius 2 is 2.13 bits per heavy atom. The van der Waals surface area contributed by atoms with Gasteiger partial charge in [-0.15, -0.1) is 11.8 Å². The van der Waals surface area contributed by atoms with Crippen LogP contribution in [0.3, 0.4) is 0 Å². The van der Waals surface area contributed by atoms with Crippen LogP contribution in [-0.4, -0.2) is 22.3 Å². The molecule has 1 rings (SSSR count). The van der Waals surface area contributed by atoms with E-state index in [-0.39, 0.29) is 0 Å². The van der Waals surface area contributed by atoms with E-state index >= 15 is 0 Å². The average molecular weight is 225 g/mol. The lowest BCUT2D eigenvalue weighted by Crippen LogP contribution is -2.00. The zero-order valence-corrected chi connectivity index (χ0v) is 10.3. The van der Waals surface area contributed by atoms with E-state index in [1.807, 2.05) is 6.20 Å². The summed E-state index contributed by atoms with van der Waals surface area (Å²) in [6.07, 6.45) is 7.42. The number of hydrogen-bond acceptors (Lipinski definition) is 4. The van der Waals surface area contributed by atoms with Gasteiger partial charge in [0, 0.05) is 6.54 Å². The van der Waals surface area contributed by atoms with Gasteiger partial charge in [0.2, 0.25) is 0 Å². The zero-order chi connectivity index (χ0) is 10.9. The van der Waals surface area contributed by atoms with Crippen molar-refractivity contribution in [2.24, 2.45) is 0 Å². The molecule has 1 N–H and O–H groups in total. The van der Waals surface area contributed by atoms with E-state index in [0.29, 0.717) is 0 Å². The molecular formula is C11H19N3S. The van der Waals surface area contributed by atoms with Gasteiger partial charge in [-0.2, -0.15) is 0 Å². The highest BCUT2D eigenvalue weighted by molar-refractivity contribution is 7.99. The van der Waals surface area contributed by atoms with Crippen LogP contribution in [0.4, 0.5) is 5.82 Å². The molecule has 0 atom stereocenters. The number of aromatic nitrogens is 2. The summed E-state index contributed by atoms with van der Waals surface area (Å²) in [5.41, 5.74) is 0. The number of anilines is 1. The van der Waals surface area contributed by atoms with Crippen LogP contribution in [0.5, 0.6) is 0 Å². The molecule has 0 spiro atoms. The molecule has 0 aliphatic heterocycles. The molecule has 0 unspecified atom stereocenters. The number of nitrogens with one attached hydrogen (secondary N) is 1. The van der Waals surface area contributed by atoms with E-state index in [2.05, 4.69) is 29.1 Å². The molecule has 0 radical (unpaired) electrons. The van der Waals surface area contributed by atoms with Crippen molar-refractivity contribution in [2.75, 3.05) is 17.6 Å². The summed E-state index contributed by atoms with van der Waals surface area (Å²) in [5, 5.41) is 4.18. The number of thioether (sulfide) groups is 1. The Hall–Kier alpha value is -0.770. The van der Waals surface area contributed by atoms with Crippen LogP contribution < -0.4 is 5.32 Å². The van der Waals surface area contributed by atoms with Crippen LogP contribution in [0, 0.1) is 0 Å². The Labute approximate surface area is 96.1 Å². The zero-order valence-electron chi connectivity index (χ0n) is 9.49. The number of rotatable bonds is 7. The predicted molar refractivity (Wildman–Crippen MR) is 66.4 cm³/mol. The highest BCUT2D eigenvalue weighted by Gasteiger charge is 1.98. The minimum atomic E-state index is 0.873. The fourth-order valence-corrected chi connectivity index (χ4v) is 2.07. The summed E-state index contributed by atoms with van der Waals surface area (Å²) < 4.78 is 0. The van der Waals surface area contributed by atoms with E-state index in [4.69, 9.17) is 0 Å². The second-order valence-corrected chi connectivity index (χ2v) is 4.44. The molecule has 15 heavy (non-hydrogen) atoms. The highest BCUT2D eigenvalue weighted by Crippen LogP contribution is 2.17. The lowest BCUT2D eigenvalue weighted by Gasteiger charge is -2.04. The second kappa shape index (κ2) is 7.51. The quantitative estimate of drug-likeness (QED) is 0.571. The molecule has 1 aromatic rings. The summed E-state index contributed by atoms with van der Waals surface area (Å²) in [7, 11) is 0. The molecule has 0 aromatic carbocycles. The van der Waals surface area contributed by atoms with Crippen molar-refractivity contribution >= 4 is 17.6 Å². The first-order valence-corrected chi connectivity index (χ1v) is 6.54. The Balaban J connectivity index is 2.36. The van der Waals surface area contributed by atoms with E-state index in [9.17, 15) is 0 Å². The molecule has 1 aromatic heterocycles. The van der Waals surface area contributed by atoms with E-state index in [0.717, 1.165) is 23.1 Å². The molecule has 4 heteroatoms. The van der Waals surface area contributed by atoms with Crippen molar-refractivity contribution in [3.05, 3.63) is 12.4 Å². The Bertz CT molecular complexity index is 278. The number of nitrogens with zero attached hydrogens (tertiary/aromatic N) is 2. The fraction of sp³-hybridized carbons (Fsp3) is 0.636. The maximum absolute atomic E-state index is 4.45. The Morgan fingerprint density at radius 3 is 2.87 bits per heavy atom. The first-order valence-electron chi connectivity index (χ1n) is 5.55. The van der Waals surface area contributed by atoms with Gasteiger partial charge < -0.3 is 5.32 Å². The van der Waals surface area contributed by atoms with Crippen LogP contribution >= 0.6 is 11.8 Å². The lowest BCUT2D eigenvalue weighted by atomic mass is 10.3. The smallest absolute Gasteiger partial charge is 0.145 e. The summed E-state index contributed by atoms with van der Waals surface area (Å²) in [5.74, 6) is 2.01. The fourth-order valence-electron chi connectivity index (χ4n) is 1.21. The molecule has 1 heterocycles. The van der Waals surface area contributed by atoms with Gasteiger partial charge in [-0.25, -0.2) is 4.98 Å². The highest BCUT2D eigenvalue weighted by atomic mass is 32.2. The molecule has 0 saturated heterocycles. The second-order valence-electron chi connectivity index (χ2n) is 3.33. The van der Waals surface area contributed by atoms with Crippen LogP contribution in [0.25, 0.3) is 0 Å². The van der Waals surface area contributed by atoms with Crippen LogP contribution in [0.15, 0.2) is 17.4 Å². The molecule has 0 amide bonds. The van der Waals surface area contributed by atoms with Crippen molar-refractivity contribution in [3.63, 3.8) is 0 Å². The first kappa shape index (κ1) is 12.3. The monoisotopic (exact) mass is 225 g/mol. The van der Waals surface area contributed by atoms with Gasteiger partial charge in [-0.05, 0) is 19.1 Å². The number of hydrogen-bond donors (Lipinski definition) is 1. The maximum atomic E-state index is 4.45. The first-order chi connectivity index (χ1) is 7.36. The van der Waals surface area contributed by atoms with Gasteiger partial charge >= 0.3 is 0 Å². The van der Waals surface area contributed by atoms with Crippen molar-refractivity contribution < 1.29 is 0 Å². The predicted octanol–water partition coefficient (Wildman–Crippen LogP) is 3.19. The maximum Gasteiger partial charge on any atom is 0.145 e. The third-order valence-corrected chi connectivity index (χ3v) is 2.95. The van der Waals surface area contributed by atoms with Crippen molar-refractivity contribution in [1.29, 1.82) is 0 Å². The minimum absolute atomic E-state index is 0.873. The molecule has 3 nitrogen and oxygen atoms in total. The third kappa shape index (κ3) is 5.02. The van der Waals surface area contributed by atoms with Gasteiger partial charge in [0.25, 0.3) is 0 Å². The molecule has 0 fully saturated rings. The topological polar surface area (TPSA) is 37.8 Å². The molecule has 0 saturated carbocycles. The summed E-state index contributed by atoms with van der Waals surface area (Å²) >= 11 is 1.79. The Kier molecular flexibility index (Phi) is 6.16. The SMILES string of the molecule is CCCCCSc1cncc(NCC)n1. The largest absolute Gasteiger partial charge is 0.369 e. The van der Waals surface area contributed by atoms with Crippen LogP contribution in [-0.2, 0) is 0 Å². The van der Waals surface area contributed by atoms with Gasteiger partial charge in [0.15, 0.2) is 0 Å². The third-order valence-electron chi connectivity index (χ3n) is 1.97. The Morgan fingerprint density at radius 1 is 1.27 bits per heavy atom. The molecule has 0 bridgehead atoms. The van der Waals surface area contributed by atoms with Crippen molar-refractivity contribution in [3.8, 4) is 0 Å². The molecule has 84 valence electrons. The summed E-state index contributed by atoms with van der Waals surface area (Å²) in [4.78, 5) is 8.61. The van der Waals surface area contributed by atoms with Gasteiger partial charge in [0.1, 0.15) is 10.8 Å². The van der Waals surface area contributed by atoms with Crippen molar-refractivity contribution in [1.82, 2.24) is 9.97 Å². The van der Waals surface area contributed by atoms with Crippen LogP contribution in [0.2, 0.25) is 0 Å². The van der Waals surface area contributed by atoms with Gasteiger partial charge in [0.05, 0.1) is 12.4 Å². The van der Waals surface area contributed by atoms with E-state index in [1.165, 1.54) is 19.3 Å². The minimum Gasteiger partial charge on any atom is -0.369 e. The van der Waals surface area contributed by atoms with Crippen LogP contribution in [0.1, 0.15) is 33.1 Å². The van der Waals surface area contributed by atoms with Gasteiger partial charge in [-0.1, -0.05) is 19.8 Å². The summed E-state index contributed by atoms with van der Waals surface area (Å²) in [6.45, 7) is 5.16. The normalized spacial score (nSPS) is 10.3. The standard InChI is InChI=1S/C11H19N3S/c1-3-5-6-7-15-11-9-12-8-10(14-11)13-4-2/h8-9H,3-7H2,1-2H3,(H,13,14). The molecular weight excluding hydrogens is 206 g/mol. The van der Waals surface area contributed by atoms with Gasteiger partial charge in [-0.3, -0.25) is 4.98 Å². The molecule has 0 aliphatic rings. The lowest BCUT2D eigenvalue weighted by molar-refractivity contribution is 0.778. The molecule has 0 aliphatic carbocycles. The average Bonchev–Trinajstić information content (AvgIpc) is 2.26. The van der Waals surface area contributed by atoms with E-state index < -0.39 is 0 Å².